The van der Waals surface area contributed by atoms with Crippen LogP contribution in [0.15, 0.2) is 35.3 Å². The van der Waals surface area contributed by atoms with E-state index in [1.807, 2.05) is 31.2 Å². The summed E-state index contributed by atoms with van der Waals surface area (Å²) in [4.78, 5) is 14.2. The second-order valence-electron chi connectivity index (χ2n) is 3.95. The van der Waals surface area contributed by atoms with Gasteiger partial charge in [0, 0.05) is 11.9 Å². The molecule has 1 unspecified atom stereocenters. The fourth-order valence-corrected chi connectivity index (χ4v) is 1.75. The van der Waals surface area contributed by atoms with Crippen LogP contribution in [0.1, 0.15) is 17.3 Å². The van der Waals surface area contributed by atoms with Gasteiger partial charge in [-0.25, -0.2) is 4.79 Å². The molecule has 0 saturated heterocycles. The van der Waals surface area contributed by atoms with Crippen molar-refractivity contribution in [3.05, 3.63) is 52.2 Å². The highest BCUT2D eigenvalue weighted by Crippen LogP contribution is 2.14. The summed E-state index contributed by atoms with van der Waals surface area (Å²) in [5.41, 5.74) is 8.00. The van der Waals surface area contributed by atoms with Gasteiger partial charge >= 0.3 is 5.69 Å². The molecule has 0 saturated carbocycles. The van der Waals surface area contributed by atoms with Crippen LogP contribution >= 0.6 is 0 Å². The molecule has 0 spiro atoms. The molecule has 0 bridgehead atoms. The molecule has 90 valence electrons. The first-order chi connectivity index (χ1) is 8.13. The lowest BCUT2D eigenvalue weighted by molar-refractivity contribution is 0.268. The smallest absolute Gasteiger partial charge is 0.330 e. The van der Waals surface area contributed by atoms with E-state index >= 15 is 0 Å². The largest absolute Gasteiger partial charge is 0.394 e. The van der Waals surface area contributed by atoms with Crippen molar-refractivity contribution in [1.29, 1.82) is 0 Å². The van der Waals surface area contributed by atoms with Crippen LogP contribution in [0.25, 0.3) is 5.69 Å². The van der Waals surface area contributed by atoms with Gasteiger partial charge in [-0.3, -0.25) is 4.57 Å². The second kappa shape index (κ2) is 4.57. The van der Waals surface area contributed by atoms with Gasteiger partial charge in [0.15, 0.2) is 0 Å². The van der Waals surface area contributed by atoms with Crippen LogP contribution in [-0.4, -0.2) is 21.3 Å². The van der Waals surface area contributed by atoms with Crippen molar-refractivity contribution in [2.45, 2.75) is 13.0 Å². The molecule has 5 heteroatoms. The van der Waals surface area contributed by atoms with Crippen molar-refractivity contribution in [2.75, 3.05) is 6.61 Å². The third-order valence-electron chi connectivity index (χ3n) is 2.74. The number of hydrogen-bond donors (Lipinski definition) is 3. The van der Waals surface area contributed by atoms with E-state index in [0.29, 0.717) is 0 Å². The average Bonchev–Trinajstić information content (AvgIpc) is 2.68. The summed E-state index contributed by atoms with van der Waals surface area (Å²) in [6.07, 6.45) is 1.66. The number of aliphatic hydroxyl groups excluding tert-OH is 1. The predicted molar refractivity (Wildman–Crippen MR) is 65.1 cm³/mol. The van der Waals surface area contributed by atoms with Gasteiger partial charge in [0.05, 0.1) is 18.3 Å². The Labute approximate surface area is 98.5 Å². The third kappa shape index (κ3) is 2.15. The Balaban J connectivity index is 2.39. The van der Waals surface area contributed by atoms with Gasteiger partial charge in [0.1, 0.15) is 0 Å². The number of hydrogen-bond acceptors (Lipinski definition) is 3. The van der Waals surface area contributed by atoms with E-state index < -0.39 is 0 Å². The Morgan fingerprint density at radius 3 is 2.53 bits per heavy atom. The maximum atomic E-state index is 11.6. The van der Waals surface area contributed by atoms with Crippen LogP contribution in [0, 0.1) is 6.92 Å². The SMILES string of the molecule is Cc1c[nH]c(=O)n1-c1ccc(C(N)CO)cc1. The number of benzene rings is 1. The highest BCUT2D eigenvalue weighted by atomic mass is 16.3. The highest BCUT2D eigenvalue weighted by Gasteiger charge is 2.07. The maximum absolute atomic E-state index is 11.6. The quantitative estimate of drug-likeness (QED) is 0.720. The van der Waals surface area contributed by atoms with Crippen LogP contribution in [0.4, 0.5) is 0 Å². The molecule has 1 aromatic carbocycles. The van der Waals surface area contributed by atoms with Gasteiger partial charge in [-0.1, -0.05) is 12.1 Å². The van der Waals surface area contributed by atoms with Crippen LogP contribution in [0.2, 0.25) is 0 Å². The summed E-state index contributed by atoms with van der Waals surface area (Å²) in [6, 6.07) is 6.87. The van der Waals surface area contributed by atoms with Crippen molar-refractivity contribution in [3.8, 4) is 5.69 Å². The third-order valence-corrected chi connectivity index (χ3v) is 2.74. The van der Waals surface area contributed by atoms with E-state index in [4.69, 9.17) is 10.8 Å². The molecule has 0 amide bonds. The molecule has 1 heterocycles. The normalized spacial score (nSPS) is 12.6. The summed E-state index contributed by atoms with van der Waals surface area (Å²) >= 11 is 0. The van der Waals surface area contributed by atoms with Crippen LogP contribution < -0.4 is 11.4 Å². The number of aliphatic hydroxyl groups is 1. The number of imidazole rings is 1. The number of nitrogens with zero attached hydrogens (tertiary/aromatic N) is 1. The molecule has 1 aromatic heterocycles. The molecule has 0 fully saturated rings. The minimum absolute atomic E-state index is 0.0948. The summed E-state index contributed by atoms with van der Waals surface area (Å²) in [5.74, 6) is 0. The number of aromatic nitrogens is 2. The highest BCUT2D eigenvalue weighted by molar-refractivity contribution is 5.37. The first-order valence-electron chi connectivity index (χ1n) is 5.37. The molecular weight excluding hydrogens is 218 g/mol. The number of nitrogens with two attached hydrogens (primary N) is 1. The topological polar surface area (TPSA) is 84.0 Å². The lowest BCUT2D eigenvalue weighted by atomic mass is 10.1. The van der Waals surface area contributed by atoms with E-state index in [2.05, 4.69) is 4.98 Å². The molecule has 0 aliphatic rings. The van der Waals surface area contributed by atoms with E-state index in [9.17, 15) is 4.79 Å². The van der Waals surface area contributed by atoms with Gasteiger partial charge in [0.25, 0.3) is 0 Å². The molecule has 17 heavy (non-hydrogen) atoms. The van der Waals surface area contributed by atoms with Crippen molar-refractivity contribution >= 4 is 0 Å². The van der Waals surface area contributed by atoms with E-state index in [1.54, 1.807) is 10.8 Å². The number of aromatic amines is 1. The molecule has 0 aliphatic heterocycles. The maximum Gasteiger partial charge on any atom is 0.330 e. The Morgan fingerprint density at radius 1 is 1.41 bits per heavy atom. The fraction of sp³-hybridized carbons (Fsp3) is 0.250. The van der Waals surface area contributed by atoms with Gasteiger partial charge in [-0.2, -0.15) is 0 Å². The molecule has 5 nitrogen and oxygen atoms in total. The van der Waals surface area contributed by atoms with Crippen molar-refractivity contribution in [3.63, 3.8) is 0 Å². The minimum Gasteiger partial charge on any atom is -0.394 e. The second-order valence-corrected chi connectivity index (χ2v) is 3.95. The molecule has 0 aliphatic carbocycles. The zero-order chi connectivity index (χ0) is 12.4. The molecule has 2 aromatic rings. The van der Waals surface area contributed by atoms with Gasteiger partial charge in [0.2, 0.25) is 0 Å². The zero-order valence-corrected chi connectivity index (χ0v) is 9.55. The summed E-state index contributed by atoms with van der Waals surface area (Å²) in [5, 5.41) is 8.94. The van der Waals surface area contributed by atoms with Crippen LogP contribution in [-0.2, 0) is 0 Å². The number of nitrogens with one attached hydrogen (secondary N) is 1. The molecule has 1 atom stereocenters. The fourth-order valence-electron chi connectivity index (χ4n) is 1.75. The number of rotatable bonds is 3. The lowest BCUT2D eigenvalue weighted by Crippen LogP contribution is -2.17. The Hall–Kier alpha value is -1.85. The van der Waals surface area contributed by atoms with Crippen molar-refractivity contribution in [1.82, 2.24) is 9.55 Å². The first kappa shape index (κ1) is 11.6. The van der Waals surface area contributed by atoms with Crippen molar-refractivity contribution in [2.24, 2.45) is 5.73 Å². The zero-order valence-electron chi connectivity index (χ0n) is 9.55. The number of H-pyrrole nitrogens is 1. The van der Waals surface area contributed by atoms with Gasteiger partial charge in [-0.15, -0.1) is 0 Å². The van der Waals surface area contributed by atoms with E-state index in [0.717, 1.165) is 16.9 Å². The summed E-state index contributed by atoms with van der Waals surface area (Å²) in [7, 11) is 0. The molecular formula is C12H15N3O2. The summed E-state index contributed by atoms with van der Waals surface area (Å²) in [6.45, 7) is 1.76. The lowest BCUT2D eigenvalue weighted by Gasteiger charge is -2.10. The van der Waals surface area contributed by atoms with Gasteiger partial charge in [-0.05, 0) is 24.6 Å². The molecule has 4 N–H and O–H groups in total. The van der Waals surface area contributed by atoms with E-state index in [-0.39, 0.29) is 18.3 Å². The molecule has 2 rings (SSSR count). The average molecular weight is 233 g/mol. The minimum atomic E-state index is -0.381. The standard InChI is InChI=1S/C12H15N3O2/c1-8-6-14-12(17)15(8)10-4-2-9(3-5-10)11(13)7-16/h2-6,11,16H,7,13H2,1H3,(H,14,17). The first-order valence-corrected chi connectivity index (χ1v) is 5.37. The van der Waals surface area contributed by atoms with Crippen LogP contribution in [0.5, 0.6) is 0 Å². The monoisotopic (exact) mass is 233 g/mol. The van der Waals surface area contributed by atoms with E-state index in [1.165, 1.54) is 0 Å². The summed E-state index contributed by atoms with van der Waals surface area (Å²) < 4.78 is 1.58. The Bertz CT molecular complexity index is 554. The van der Waals surface area contributed by atoms with Crippen LogP contribution in [0.3, 0.4) is 0 Å². The predicted octanol–water partition coefficient (Wildman–Crippen LogP) is 0.466. The number of aryl methyl sites for hydroxylation is 1. The Morgan fingerprint density at radius 2 is 2.06 bits per heavy atom. The molecule has 0 radical (unpaired) electrons. The van der Waals surface area contributed by atoms with Gasteiger partial charge < -0.3 is 15.8 Å². The Kier molecular flexibility index (Phi) is 3.12. The van der Waals surface area contributed by atoms with Crippen molar-refractivity contribution < 1.29 is 5.11 Å².